The van der Waals surface area contributed by atoms with Crippen LogP contribution in [-0.4, -0.2) is 54.2 Å². The van der Waals surface area contributed by atoms with E-state index in [1.807, 2.05) is 24.3 Å². The monoisotopic (exact) mass is 450 g/mol. The molecule has 0 saturated carbocycles. The Morgan fingerprint density at radius 2 is 1.73 bits per heavy atom. The lowest BCUT2D eigenvalue weighted by Gasteiger charge is -2.37. The summed E-state index contributed by atoms with van der Waals surface area (Å²) in [5.74, 6) is -0.930. The molecular formula is C26H30N2O5. The molecule has 1 unspecified atom stereocenters. The Bertz CT molecular complexity index is 1010. The van der Waals surface area contributed by atoms with Crippen LogP contribution in [0.4, 0.5) is 4.79 Å². The molecule has 1 saturated heterocycles. The quantitative estimate of drug-likeness (QED) is 0.621. The minimum atomic E-state index is -0.882. The van der Waals surface area contributed by atoms with E-state index in [4.69, 9.17) is 4.74 Å². The molecule has 0 radical (unpaired) electrons. The first-order chi connectivity index (χ1) is 15.9. The summed E-state index contributed by atoms with van der Waals surface area (Å²) in [6, 6.07) is 16.3. The molecule has 4 rings (SSSR count). The van der Waals surface area contributed by atoms with Gasteiger partial charge in [-0.3, -0.25) is 9.59 Å². The summed E-state index contributed by atoms with van der Waals surface area (Å²) in [5, 5.41) is 12.1. The van der Waals surface area contributed by atoms with Crippen LogP contribution in [0.2, 0.25) is 0 Å². The van der Waals surface area contributed by atoms with Crippen molar-refractivity contribution in [2.24, 2.45) is 5.41 Å². The van der Waals surface area contributed by atoms with Crippen LogP contribution in [0.5, 0.6) is 0 Å². The van der Waals surface area contributed by atoms with E-state index in [-0.39, 0.29) is 31.4 Å². The van der Waals surface area contributed by atoms with Gasteiger partial charge in [-0.2, -0.15) is 0 Å². The highest BCUT2D eigenvalue weighted by Crippen LogP contribution is 2.44. The average molecular weight is 451 g/mol. The summed E-state index contributed by atoms with van der Waals surface area (Å²) < 4.78 is 5.51. The Hall–Kier alpha value is -3.35. The third-order valence-corrected chi connectivity index (χ3v) is 6.75. The fourth-order valence-corrected chi connectivity index (χ4v) is 4.86. The number of piperidine rings is 1. The van der Waals surface area contributed by atoms with E-state index >= 15 is 0 Å². The molecule has 33 heavy (non-hydrogen) atoms. The minimum absolute atomic E-state index is 0.00683. The van der Waals surface area contributed by atoms with Crippen molar-refractivity contribution in [3.8, 4) is 11.1 Å². The highest BCUT2D eigenvalue weighted by Gasteiger charge is 2.39. The maximum atomic E-state index is 12.5. The molecule has 174 valence electrons. The Kier molecular flexibility index (Phi) is 6.67. The van der Waals surface area contributed by atoms with Gasteiger partial charge in [-0.1, -0.05) is 48.5 Å². The number of fused-ring (bicyclic) bond motifs is 3. The predicted molar refractivity (Wildman–Crippen MR) is 124 cm³/mol. The molecular weight excluding hydrogens is 420 g/mol. The first-order valence-electron chi connectivity index (χ1n) is 11.5. The maximum Gasteiger partial charge on any atom is 0.407 e. The lowest BCUT2D eigenvalue weighted by atomic mass is 9.82. The van der Waals surface area contributed by atoms with E-state index in [0.717, 1.165) is 11.1 Å². The number of carboxylic acids is 1. The molecule has 1 aliphatic heterocycles. The fraction of sp³-hybridized carbons (Fsp3) is 0.423. The zero-order valence-electron chi connectivity index (χ0n) is 18.9. The Morgan fingerprint density at radius 3 is 2.36 bits per heavy atom. The normalized spacial score (nSPS) is 19.5. The number of carbonyl (C=O) groups is 3. The van der Waals surface area contributed by atoms with Crippen LogP contribution in [0.15, 0.2) is 48.5 Å². The van der Waals surface area contributed by atoms with Gasteiger partial charge in [0.15, 0.2) is 0 Å². The summed E-state index contributed by atoms with van der Waals surface area (Å²) in [7, 11) is 0. The number of likely N-dealkylation sites (tertiary alicyclic amines) is 1. The van der Waals surface area contributed by atoms with Gasteiger partial charge in [0.05, 0.1) is 5.41 Å². The summed E-state index contributed by atoms with van der Waals surface area (Å²) in [6.45, 7) is 3.09. The molecule has 7 nitrogen and oxygen atoms in total. The van der Waals surface area contributed by atoms with Gasteiger partial charge < -0.3 is 20.1 Å². The van der Waals surface area contributed by atoms with E-state index < -0.39 is 17.5 Å². The Balaban J connectivity index is 1.22. The number of carbonyl (C=O) groups excluding carboxylic acids is 2. The number of hydrogen-bond donors (Lipinski definition) is 2. The molecule has 0 aromatic heterocycles. The van der Waals surface area contributed by atoms with Gasteiger partial charge in [0.1, 0.15) is 6.61 Å². The van der Waals surface area contributed by atoms with Crippen LogP contribution >= 0.6 is 0 Å². The molecule has 0 bridgehead atoms. The predicted octanol–water partition coefficient (Wildman–Crippen LogP) is 4.02. The Morgan fingerprint density at radius 1 is 1.09 bits per heavy atom. The van der Waals surface area contributed by atoms with Crippen LogP contribution in [0.25, 0.3) is 11.1 Å². The SMILES string of the molecule is CC1(C(=O)O)CCCN(C(=O)CCCNC(=O)OCC2c3ccccc3-c3ccccc32)C1. The summed E-state index contributed by atoms with van der Waals surface area (Å²) in [6.07, 6.45) is 1.51. The van der Waals surface area contributed by atoms with Gasteiger partial charge in [0, 0.05) is 32.0 Å². The van der Waals surface area contributed by atoms with Crippen LogP contribution in [-0.2, 0) is 14.3 Å². The van der Waals surface area contributed by atoms with Crippen LogP contribution in [0.1, 0.15) is 49.7 Å². The second-order valence-corrected chi connectivity index (χ2v) is 9.14. The standard InChI is InChI=1S/C26H30N2O5/c1-26(24(30)31)13-7-15-28(17-26)23(29)12-6-14-27-25(32)33-16-22-20-10-4-2-8-18(20)19-9-3-5-11-21(19)22/h2-5,8-11,22H,6-7,12-17H2,1H3,(H,27,32)(H,30,31). The van der Waals surface area contributed by atoms with Crippen molar-refractivity contribution in [3.63, 3.8) is 0 Å². The lowest BCUT2D eigenvalue weighted by Crippen LogP contribution is -2.48. The number of aliphatic carboxylic acids is 1. The van der Waals surface area contributed by atoms with Crippen molar-refractivity contribution < 1.29 is 24.2 Å². The van der Waals surface area contributed by atoms with Crippen LogP contribution in [0.3, 0.4) is 0 Å². The highest BCUT2D eigenvalue weighted by atomic mass is 16.5. The second-order valence-electron chi connectivity index (χ2n) is 9.14. The van der Waals surface area contributed by atoms with Gasteiger partial charge in [-0.25, -0.2) is 4.79 Å². The molecule has 0 spiro atoms. The van der Waals surface area contributed by atoms with Gasteiger partial charge in [-0.15, -0.1) is 0 Å². The second kappa shape index (κ2) is 9.65. The number of rotatable bonds is 7. The molecule has 2 N–H and O–H groups in total. The number of carboxylic acid groups (broad SMARTS) is 1. The zero-order chi connectivity index (χ0) is 23.4. The van der Waals surface area contributed by atoms with Crippen molar-refractivity contribution in [1.29, 1.82) is 0 Å². The molecule has 2 aromatic rings. The van der Waals surface area contributed by atoms with Crippen molar-refractivity contribution in [3.05, 3.63) is 59.7 Å². The number of nitrogens with one attached hydrogen (secondary N) is 1. The van der Waals surface area contributed by atoms with Gasteiger partial charge in [0.25, 0.3) is 0 Å². The molecule has 7 heteroatoms. The number of hydrogen-bond acceptors (Lipinski definition) is 4. The largest absolute Gasteiger partial charge is 0.481 e. The van der Waals surface area contributed by atoms with Crippen LogP contribution < -0.4 is 5.32 Å². The van der Waals surface area contributed by atoms with Gasteiger partial charge in [-0.05, 0) is 48.4 Å². The minimum Gasteiger partial charge on any atom is -0.481 e. The van der Waals surface area contributed by atoms with E-state index in [1.165, 1.54) is 11.1 Å². The summed E-state index contributed by atoms with van der Waals surface area (Å²) in [4.78, 5) is 37.8. The lowest BCUT2D eigenvalue weighted by molar-refractivity contribution is -0.153. The first-order valence-corrected chi connectivity index (χ1v) is 11.5. The number of alkyl carbamates (subject to hydrolysis) is 1. The molecule has 2 aliphatic rings. The maximum absolute atomic E-state index is 12.5. The summed E-state index contributed by atoms with van der Waals surface area (Å²) >= 11 is 0. The topological polar surface area (TPSA) is 95.9 Å². The summed E-state index contributed by atoms with van der Waals surface area (Å²) in [5.41, 5.74) is 3.79. The van der Waals surface area contributed by atoms with E-state index in [9.17, 15) is 19.5 Å². The van der Waals surface area contributed by atoms with Crippen molar-refractivity contribution in [1.82, 2.24) is 10.2 Å². The highest BCUT2D eigenvalue weighted by molar-refractivity contribution is 5.80. The number of nitrogens with zero attached hydrogens (tertiary/aromatic N) is 1. The smallest absolute Gasteiger partial charge is 0.407 e. The van der Waals surface area contributed by atoms with Crippen molar-refractivity contribution in [2.75, 3.05) is 26.2 Å². The molecule has 1 atom stereocenters. The fourth-order valence-electron chi connectivity index (χ4n) is 4.86. The third kappa shape index (κ3) is 4.87. The zero-order valence-corrected chi connectivity index (χ0v) is 18.9. The molecule has 1 heterocycles. The van der Waals surface area contributed by atoms with Gasteiger partial charge in [0.2, 0.25) is 5.91 Å². The molecule has 1 aliphatic carbocycles. The molecule has 1 fully saturated rings. The average Bonchev–Trinajstić information content (AvgIpc) is 3.14. The molecule has 2 amide bonds. The van der Waals surface area contributed by atoms with Crippen molar-refractivity contribution in [2.45, 2.75) is 38.5 Å². The Labute approximate surface area is 193 Å². The number of amides is 2. The van der Waals surface area contributed by atoms with E-state index in [2.05, 4.69) is 29.6 Å². The number of ether oxygens (including phenoxy) is 1. The van der Waals surface area contributed by atoms with Crippen LogP contribution in [0, 0.1) is 5.41 Å². The van der Waals surface area contributed by atoms with E-state index in [1.54, 1.807) is 11.8 Å². The van der Waals surface area contributed by atoms with E-state index in [0.29, 0.717) is 32.4 Å². The number of benzene rings is 2. The van der Waals surface area contributed by atoms with Gasteiger partial charge >= 0.3 is 12.1 Å². The van der Waals surface area contributed by atoms with Crippen molar-refractivity contribution >= 4 is 18.0 Å². The first kappa shape index (κ1) is 22.8. The molecule has 2 aromatic carbocycles. The third-order valence-electron chi connectivity index (χ3n) is 6.75.